The first-order valence-corrected chi connectivity index (χ1v) is 10.8. The number of urea groups is 1. The second-order valence-corrected chi connectivity index (χ2v) is 8.64. The molecule has 3 aromatic carbocycles. The number of likely N-dealkylation sites (tertiary alicyclic amines) is 1. The molecule has 34 heavy (non-hydrogen) atoms. The van der Waals surface area contributed by atoms with E-state index in [2.05, 4.69) is 0 Å². The number of benzene rings is 3. The Labute approximate surface area is 192 Å². The van der Waals surface area contributed by atoms with Crippen LogP contribution in [0.5, 0.6) is 0 Å². The lowest BCUT2D eigenvalue weighted by Crippen LogP contribution is -2.54. The van der Waals surface area contributed by atoms with Gasteiger partial charge >= 0.3 is 6.03 Å². The molecular weight excluding hydrogens is 443 g/mol. The van der Waals surface area contributed by atoms with E-state index in [1.807, 2.05) is 0 Å². The average Bonchev–Trinajstić information content (AvgIpc) is 3.50. The predicted molar refractivity (Wildman–Crippen MR) is 119 cm³/mol. The maximum atomic E-state index is 13.5. The van der Waals surface area contributed by atoms with Crippen LogP contribution in [0.1, 0.15) is 16.8 Å². The van der Waals surface area contributed by atoms with Crippen LogP contribution in [0.25, 0.3) is 10.8 Å². The number of imide groups is 1. The number of nitro benzene ring substituents is 1. The standard InChI is InChI=1S/C24H17FN4O5/c25-14-7-5-13(6-8-14)22(30)26-12-15-11-20(26)21-23(31)28(24(32)27(15)21)18-9-10-19(29(33)34)17-4-2-1-3-16(17)18/h1-10,15,20-21H,11-12H2/t15?,20?,21-/m1/s1. The lowest BCUT2D eigenvalue weighted by Gasteiger charge is -2.34. The molecule has 3 saturated heterocycles. The molecule has 3 fully saturated rings. The van der Waals surface area contributed by atoms with Gasteiger partial charge in [-0.15, -0.1) is 0 Å². The van der Waals surface area contributed by atoms with Gasteiger partial charge in [0.2, 0.25) is 0 Å². The molecule has 10 heteroatoms. The largest absolute Gasteiger partial charge is 0.332 e. The molecule has 0 N–H and O–H groups in total. The number of amides is 4. The lowest BCUT2D eigenvalue weighted by molar-refractivity contribution is -0.383. The maximum absolute atomic E-state index is 13.5. The molecule has 3 aliphatic rings. The first kappa shape index (κ1) is 20.3. The number of non-ortho nitro benzene ring substituents is 1. The van der Waals surface area contributed by atoms with E-state index in [4.69, 9.17) is 0 Å². The third-order valence-electron chi connectivity index (χ3n) is 6.93. The molecule has 0 radical (unpaired) electrons. The Morgan fingerprint density at radius 3 is 2.41 bits per heavy atom. The zero-order valence-electron chi connectivity index (χ0n) is 17.6. The fourth-order valence-electron chi connectivity index (χ4n) is 5.49. The van der Waals surface area contributed by atoms with Gasteiger partial charge in [-0.3, -0.25) is 19.7 Å². The second kappa shape index (κ2) is 7.08. The number of fused-ring (bicyclic) bond motifs is 6. The molecule has 3 heterocycles. The summed E-state index contributed by atoms with van der Waals surface area (Å²) >= 11 is 0. The Kier molecular flexibility index (Phi) is 4.22. The average molecular weight is 460 g/mol. The molecule has 4 amide bonds. The van der Waals surface area contributed by atoms with Crippen LogP contribution < -0.4 is 4.90 Å². The SMILES string of the molecule is O=C1[C@H]2C3CC(CN3C(=O)c3ccc(F)cc3)N2C(=O)N1c1ccc([N+](=O)[O-])c2ccccc12. The van der Waals surface area contributed by atoms with E-state index in [-0.39, 0.29) is 29.9 Å². The number of anilines is 1. The van der Waals surface area contributed by atoms with Crippen LogP contribution in [-0.4, -0.2) is 57.2 Å². The summed E-state index contributed by atoms with van der Waals surface area (Å²) in [6.45, 7) is 0.283. The number of carbonyl (C=O) groups excluding carboxylic acids is 3. The Hall–Kier alpha value is -4.34. The fourth-order valence-corrected chi connectivity index (χ4v) is 5.49. The zero-order valence-corrected chi connectivity index (χ0v) is 17.6. The molecular formula is C24H17FN4O5. The number of hydrogen-bond acceptors (Lipinski definition) is 5. The monoisotopic (exact) mass is 460 g/mol. The van der Waals surface area contributed by atoms with Crippen LogP contribution in [0.4, 0.5) is 20.6 Å². The second-order valence-electron chi connectivity index (χ2n) is 8.64. The summed E-state index contributed by atoms with van der Waals surface area (Å²) in [5.41, 5.74) is 0.479. The summed E-state index contributed by atoms with van der Waals surface area (Å²) in [5, 5.41) is 12.2. The maximum Gasteiger partial charge on any atom is 0.332 e. The summed E-state index contributed by atoms with van der Waals surface area (Å²) in [6.07, 6.45) is 0.490. The van der Waals surface area contributed by atoms with Crippen LogP contribution in [-0.2, 0) is 4.79 Å². The van der Waals surface area contributed by atoms with Gasteiger partial charge in [-0.2, -0.15) is 0 Å². The molecule has 9 nitrogen and oxygen atoms in total. The van der Waals surface area contributed by atoms with Gasteiger partial charge < -0.3 is 9.80 Å². The number of piperazine rings is 1. The summed E-state index contributed by atoms with van der Waals surface area (Å²) < 4.78 is 13.3. The molecule has 6 rings (SSSR count). The Balaban J connectivity index is 1.36. The smallest absolute Gasteiger partial charge is 0.331 e. The first-order chi connectivity index (χ1) is 16.4. The number of rotatable bonds is 3. The Bertz CT molecular complexity index is 1410. The number of nitro groups is 1. The van der Waals surface area contributed by atoms with Crippen LogP contribution in [0.3, 0.4) is 0 Å². The quantitative estimate of drug-likeness (QED) is 0.339. The topological polar surface area (TPSA) is 104 Å². The van der Waals surface area contributed by atoms with Gasteiger partial charge in [0.1, 0.15) is 11.9 Å². The van der Waals surface area contributed by atoms with Crippen molar-refractivity contribution in [2.45, 2.75) is 24.5 Å². The van der Waals surface area contributed by atoms with Crippen molar-refractivity contribution >= 4 is 40.0 Å². The van der Waals surface area contributed by atoms with E-state index < -0.39 is 34.8 Å². The third-order valence-corrected chi connectivity index (χ3v) is 6.93. The van der Waals surface area contributed by atoms with E-state index in [1.165, 1.54) is 41.3 Å². The van der Waals surface area contributed by atoms with Crippen LogP contribution in [0.15, 0.2) is 60.7 Å². The fraction of sp³-hybridized carbons (Fsp3) is 0.208. The van der Waals surface area contributed by atoms with Crippen LogP contribution >= 0.6 is 0 Å². The van der Waals surface area contributed by atoms with E-state index in [0.717, 1.165) is 4.90 Å². The number of nitrogens with zero attached hydrogens (tertiary/aromatic N) is 4. The van der Waals surface area contributed by atoms with Gasteiger partial charge in [-0.25, -0.2) is 14.1 Å². The highest BCUT2D eigenvalue weighted by Gasteiger charge is 2.63. The van der Waals surface area contributed by atoms with Gasteiger partial charge in [0.25, 0.3) is 17.5 Å². The molecule has 0 aliphatic carbocycles. The predicted octanol–water partition coefficient (Wildman–Crippen LogP) is 3.32. The number of hydrogen-bond donors (Lipinski definition) is 0. The molecule has 0 spiro atoms. The molecule has 2 unspecified atom stereocenters. The third kappa shape index (κ3) is 2.68. The first-order valence-electron chi connectivity index (χ1n) is 10.8. The van der Waals surface area contributed by atoms with E-state index in [0.29, 0.717) is 22.8 Å². The minimum atomic E-state index is -0.829. The summed E-state index contributed by atoms with van der Waals surface area (Å²) in [7, 11) is 0. The van der Waals surface area contributed by atoms with Crippen molar-refractivity contribution in [3.05, 3.63) is 82.2 Å². The van der Waals surface area contributed by atoms with Crippen molar-refractivity contribution in [3.63, 3.8) is 0 Å². The normalized spacial score (nSPS) is 23.2. The molecule has 170 valence electrons. The summed E-state index contributed by atoms with van der Waals surface area (Å²) in [5.74, 6) is -1.23. The number of carbonyl (C=O) groups is 3. The highest BCUT2D eigenvalue weighted by Crippen LogP contribution is 2.44. The summed E-state index contributed by atoms with van der Waals surface area (Å²) in [6, 6.07) is 12.4. The van der Waals surface area contributed by atoms with Crippen LogP contribution in [0, 0.1) is 15.9 Å². The van der Waals surface area contributed by atoms with E-state index >= 15 is 0 Å². The van der Waals surface area contributed by atoms with Gasteiger partial charge in [-0.1, -0.05) is 18.2 Å². The molecule has 2 bridgehead atoms. The van der Waals surface area contributed by atoms with Crippen molar-refractivity contribution in [2.75, 3.05) is 11.4 Å². The molecule has 0 aromatic heterocycles. The van der Waals surface area contributed by atoms with Crippen molar-refractivity contribution in [1.82, 2.24) is 9.80 Å². The van der Waals surface area contributed by atoms with Gasteiger partial charge in [0.05, 0.1) is 28.1 Å². The van der Waals surface area contributed by atoms with Gasteiger partial charge in [0.15, 0.2) is 0 Å². The van der Waals surface area contributed by atoms with Crippen molar-refractivity contribution in [1.29, 1.82) is 0 Å². The molecule has 3 aliphatic heterocycles. The molecule has 3 aromatic rings. The highest BCUT2D eigenvalue weighted by atomic mass is 19.1. The van der Waals surface area contributed by atoms with Crippen molar-refractivity contribution in [3.8, 4) is 0 Å². The highest BCUT2D eigenvalue weighted by molar-refractivity contribution is 6.25. The minimum Gasteiger partial charge on any atom is -0.331 e. The molecule has 0 saturated carbocycles. The Morgan fingerprint density at radius 2 is 1.71 bits per heavy atom. The Morgan fingerprint density at radius 1 is 1.00 bits per heavy atom. The van der Waals surface area contributed by atoms with Crippen molar-refractivity contribution in [2.24, 2.45) is 0 Å². The number of halogens is 1. The van der Waals surface area contributed by atoms with Gasteiger partial charge in [-0.05, 0) is 42.8 Å². The zero-order chi connectivity index (χ0) is 23.7. The van der Waals surface area contributed by atoms with Crippen LogP contribution in [0.2, 0.25) is 0 Å². The minimum absolute atomic E-state index is 0.116. The van der Waals surface area contributed by atoms with E-state index in [9.17, 15) is 28.9 Å². The van der Waals surface area contributed by atoms with E-state index in [1.54, 1.807) is 29.2 Å². The van der Waals surface area contributed by atoms with Crippen molar-refractivity contribution < 1.29 is 23.7 Å². The summed E-state index contributed by atoms with van der Waals surface area (Å²) in [4.78, 5) is 55.1. The lowest BCUT2D eigenvalue weighted by atomic mass is 10.0. The molecule has 3 atom stereocenters. The van der Waals surface area contributed by atoms with Gasteiger partial charge in [0, 0.05) is 23.6 Å².